The van der Waals surface area contributed by atoms with Crippen LogP contribution in [0.3, 0.4) is 0 Å². The number of aryl methyl sites for hydroxylation is 1. The molecule has 2 aliphatic heterocycles. The van der Waals surface area contributed by atoms with Crippen LogP contribution in [-0.2, 0) is 29.7 Å². The lowest BCUT2D eigenvalue weighted by Crippen LogP contribution is -2.45. The standard InChI is InChI=1S/C20H28N6O2/c1-24(13-18-22-6-3-7-23-18)19(27)17-12-26(11-16-10-21-15-25(16)2)14-20(17)4-8-28-9-5-20/h3,6-7,10,15,17H,4-5,8-9,11-14H2,1-2H3. The van der Waals surface area contributed by atoms with E-state index in [9.17, 15) is 4.79 Å². The van der Waals surface area contributed by atoms with Crippen LogP contribution in [0.5, 0.6) is 0 Å². The van der Waals surface area contributed by atoms with Crippen LogP contribution in [0.25, 0.3) is 0 Å². The molecule has 2 aromatic heterocycles. The molecular weight excluding hydrogens is 356 g/mol. The van der Waals surface area contributed by atoms with E-state index >= 15 is 0 Å². The molecule has 150 valence electrons. The van der Waals surface area contributed by atoms with E-state index in [4.69, 9.17) is 4.74 Å². The van der Waals surface area contributed by atoms with Gasteiger partial charge >= 0.3 is 0 Å². The number of ether oxygens (including phenoxy) is 1. The third-order valence-corrected chi connectivity index (χ3v) is 6.18. The molecule has 2 saturated heterocycles. The number of rotatable bonds is 5. The van der Waals surface area contributed by atoms with Gasteiger partial charge < -0.3 is 14.2 Å². The molecule has 4 rings (SSSR count). The first kappa shape index (κ1) is 19.0. The summed E-state index contributed by atoms with van der Waals surface area (Å²) in [5, 5.41) is 0. The SMILES string of the molecule is CN(Cc1ncccn1)C(=O)C1CN(Cc2cncn2C)CC12CCOCC2. The second kappa shape index (κ2) is 7.97. The van der Waals surface area contributed by atoms with Crippen LogP contribution < -0.4 is 0 Å². The second-order valence-corrected chi connectivity index (χ2v) is 8.05. The summed E-state index contributed by atoms with van der Waals surface area (Å²) in [6.45, 7) is 4.40. The van der Waals surface area contributed by atoms with Crippen LogP contribution in [0.2, 0.25) is 0 Å². The van der Waals surface area contributed by atoms with Crippen LogP contribution in [0.4, 0.5) is 0 Å². The maximum atomic E-state index is 13.4. The van der Waals surface area contributed by atoms with E-state index in [1.807, 2.05) is 31.2 Å². The predicted octanol–water partition coefficient (Wildman–Crippen LogP) is 1.10. The number of carbonyl (C=O) groups excluding carboxylic acids is 1. The Morgan fingerprint density at radius 3 is 2.75 bits per heavy atom. The van der Waals surface area contributed by atoms with Gasteiger partial charge in [0.1, 0.15) is 5.82 Å². The fourth-order valence-electron chi connectivity index (χ4n) is 4.55. The molecule has 0 radical (unpaired) electrons. The number of nitrogens with zero attached hydrogens (tertiary/aromatic N) is 6. The van der Waals surface area contributed by atoms with Gasteiger partial charge in [0.15, 0.2) is 0 Å². The Morgan fingerprint density at radius 1 is 1.32 bits per heavy atom. The zero-order chi connectivity index (χ0) is 19.6. The Morgan fingerprint density at radius 2 is 2.07 bits per heavy atom. The first-order valence-electron chi connectivity index (χ1n) is 9.83. The number of imidazole rings is 1. The predicted molar refractivity (Wildman–Crippen MR) is 103 cm³/mol. The highest BCUT2D eigenvalue weighted by Gasteiger charge is 2.51. The highest BCUT2D eigenvalue weighted by atomic mass is 16.5. The van der Waals surface area contributed by atoms with Crippen LogP contribution in [-0.4, -0.2) is 68.6 Å². The van der Waals surface area contributed by atoms with Crippen LogP contribution in [0, 0.1) is 11.3 Å². The quantitative estimate of drug-likeness (QED) is 0.768. The third kappa shape index (κ3) is 3.79. The number of hydrogen-bond donors (Lipinski definition) is 0. The Labute approximate surface area is 165 Å². The van der Waals surface area contributed by atoms with Crippen molar-refractivity contribution in [3.05, 3.63) is 42.5 Å². The maximum Gasteiger partial charge on any atom is 0.227 e. The first-order chi connectivity index (χ1) is 13.6. The van der Waals surface area contributed by atoms with Gasteiger partial charge in [-0.25, -0.2) is 15.0 Å². The van der Waals surface area contributed by atoms with Crippen LogP contribution in [0.15, 0.2) is 31.0 Å². The number of aromatic nitrogens is 4. The van der Waals surface area contributed by atoms with Crippen molar-refractivity contribution in [3.63, 3.8) is 0 Å². The fourth-order valence-corrected chi connectivity index (χ4v) is 4.55. The molecule has 8 heteroatoms. The molecule has 28 heavy (non-hydrogen) atoms. The highest BCUT2D eigenvalue weighted by molar-refractivity contribution is 5.80. The fraction of sp³-hybridized carbons (Fsp3) is 0.600. The molecule has 1 atom stereocenters. The van der Waals surface area contributed by atoms with Gasteiger partial charge in [0.25, 0.3) is 0 Å². The summed E-state index contributed by atoms with van der Waals surface area (Å²) in [5.74, 6) is 0.823. The summed E-state index contributed by atoms with van der Waals surface area (Å²) in [7, 11) is 3.87. The van der Waals surface area contributed by atoms with E-state index in [1.165, 1.54) is 5.69 Å². The maximum absolute atomic E-state index is 13.4. The molecule has 2 aromatic rings. The van der Waals surface area contributed by atoms with Crippen LogP contribution in [0.1, 0.15) is 24.4 Å². The lowest BCUT2D eigenvalue weighted by Gasteiger charge is -2.38. The van der Waals surface area contributed by atoms with E-state index in [0.29, 0.717) is 12.4 Å². The Bertz CT molecular complexity index is 802. The molecule has 0 aliphatic carbocycles. The van der Waals surface area contributed by atoms with Gasteiger partial charge in [-0.3, -0.25) is 9.69 Å². The molecule has 1 spiro atoms. The van der Waals surface area contributed by atoms with E-state index in [2.05, 4.69) is 19.9 Å². The molecular formula is C20H28N6O2. The Balaban J connectivity index is 1.50. The minimum absolute atomic E-state index is 0.0142. The topological polar surface area (TPSA) is 76.4 Å². The smallest absolute Gasteiger partial charge is 0.227 e. The molecule has 2 aliphatic rings. The van der Waals surface area contributed by atoms with Gasteiger partial charge in [0, 0.05) is 70.9 Å². The first-order valence-corrected chi connectivity index (χ1v) is 9.83. The number of amides is 1. The molecule has 0 bridgehead atoms. The van der Waals surface area contributed by atoms with Crippen molar-refractivity contribution < 1.29 is 9.53 Å². The summed E-state index contributed by atoms with van der Waals surface area (Å²) >= 11 is 0. The van der Waals surface area contributed by atoms with Gasteiger partial charge in [-0.15, -0.1) is 0 Å². The van der Waals surface area contributed by atoms with Gasteiger partial charge in [-0.2, -0.15) is 0 Å². The second-order valence-electron chi connectivity index (χ2n) is 8.05. The molecule has 0 saturated carbocycles. The van der Waals surface area contributed by atoms with Crippen molar-refractivity contribution in [2.75, 3.05) is 33.4 Å². The number of likely N-dealkylation sites (tertiary alicyclic amines) is 1. The summed E-state index contributed by atoms with van der Waals surface area (Å²) < 4.78 is 7.67. The zero-order valence-corrected chi connectivity index (χ0v) is 16.6. The van der Waals surface area contributed by atoms with Crippen molar-refractivity contribution in [1.29, 1.82) is 0 Å². The van der Waals surface area contributed by atoms with Crippen molar-refractivity contribution in [1.82, 2.24) is 29.3 Å². The molecule has 8 nitrogen and oxygen atoms in total. The third-order valence-electron chi connectivity index (χ3n) is 6.18. The van der Waals surface area contributed by atoms with E-state index in [0.717, 1.165) is 45.7 Å². The van der Waals surface area contributed by atoms with Gasteiger partial charge in [-0.05, 0) is 18.9 Å². The van der Waals surface area contributed by atoms with Gasteiger partial charge in [-0.1, -0.05) is 0 Å². The molecule has 0 aromatic carbocycles. The van der Waals surface area contributed by atoms with Gasteiger partial charge in [0.2, 0.25) is 5.91 Å². The largest absolute Gasteiger partial charge is 0.381 e. The van der Waals surface area contributed by atoms with Crippen molar-refractivity contribution in [2.24, 2.45) is 18.4 Å². The number of carbonyl (C=O) groups is 1. The monoisotopic (exact) mass is 384 g/mol. The molecule has 1 unspecified atom stereocenters. The average Bonchev–Trinajstić information content (AvgIpc) is 3.26. The van der Waals surface area contributed by atoms with Crippen LogP contribution >= 0.6 is 0 Å². The van der Waals surface area contributed by atoms with Gasteiger partial charge in [0.05, 0.1) is 24.5 Å². The minimum atomic E-state index is -0.0293. The summed E-state index contributed by atoms with van der Waals surface area (Å²) in [5.41, 5.74) is 1.15. The highest BCUT2D eigenvalue weighted by Crippen LogP contribution is 2.45. The molecule has 4 heterocycles. The Hall–Kier alpha value is -2.32. The lowest BCUT2D eigenvalue weighted by molar-refractivity contribution is -0.140. The van der Waals surface area contributed by atoms with E-state index in [1.54, 1.807) is 23.4 Å². The normalized spacial score (nSPS) is 21.9. The van der Waals surface area contributed by atoms with Crippen molar-refractivity contribution >= 4 is 5.91 Å². The summed E-state index contributed by atoms with van der Waals surface area (Å²) in [6, 6.07) is 1.79. The number of hydrogen-bond acceptors (Lipinski definition) is 6. The molecule has 2 fully saturated rings. The zero-order valence-electron chi connectivity index (χ0n) is 16.6. The summed E-state index contributed by atoms with van der Waals surface area (Å²) in [4.78, 5) is 30.4. The van der Waals surface area contributed by atoms with E-state index in [-0.39, 0.29) is 17.2 Å². The average molecular weight is 384 g/mol. The molecule has 1 amide bonds. The summed E-state index contributed by atoms with van der Waals surface area (Å²) in [6.07, 6.45) is 9.02. The lowest BCUT2D eigenvalue weighted by atomic mass is 9.71. The minimum Gasteiger partial charge on any atom is -0.381 e. The Kier molecular flexibility index (Phi) is 5.41. The van der Waals surface area contributed by atoms with Crippen molar-refractivity contribution in [2.45, 2.75) is 25.9 Å². The van der Waals surface area contributed by atoms with Crippen molar-refractivity contribution in [3.8, 4) is 0 Å². The van der Waals surface area contributed by atoms with E-state index < -0.39 is 0 Å². The molecule has 0 N–H and O–H groups in total.